The maximum atomic E-state index is 13.1. The van der Waals surface area contributed by atoms with Gasteiger partial charge >= 0.3 is 0 Å². The molecule has 2 heterocycles. The number of halogens is 1. The number of amidine groups is 1. The standard InChI is InChI=1S/C24H19N5O2S3.ClH/c25-23(26)17-8-6-15(7-9-17)14-32-24-28-19-13-18(10-11-20(19)33-24)29-34(30,31)21-5-1-3-16-4-2-12-27-22(16)21;/h1-13,29H,14H2,(H3,25,26);1H. The lowest BCUT2D eigenvalue weighted by Gasteiger charge is -2.10. The fraction of sp³-hybridized carbons (Fsp3) is 0.0417. The van der Waals surface area contributed by atoms with Crippen LogP contribution in [-0.2, 0) is 15.8 Å². The van der Waals surface area contributed by atoms with Crippen molar-refractivity contribution in [2.45, 2.75) is 15.0 Å². The molecule has 5 rings (SSSR count). The number of sulfonamides is 1. The molecule has 2 aromatic heterocycles. The van der Waals surface area contributed by atoms with Gasteiger partial charge in [-0.15, -0.1) is 23.7 Å². The minimum Gasteiger partial charge on any atom is -0.384 e. The number of nitrogens with two attached hydrogens (primary N) is 1. The predicted molar refractivity (Wildman–Crippen MR) is 146 cm³/mol. The molecular weight excluding hydrogens is 522 g/mol. The van der Waals surface area contributed by atoms with Crippen LogP contribution < -0.4 is 10.5 Å². The third-order valence-electron chi connectivity index (χ3n) is 5.13. The number of hydrogen-bond acceptors (Lipinski definition) is 7. The zero-order valence-corrected chi connectivity index (χ0v) is 21.4. The van der Waals surface area contributed by atoms with Crippen molar-refractivity contribution in [1.82, 2.24) is 9.97 Å². The summed E-state index contributed by atoms with van der Waals surface area (Å²) in [6.07, 6.45) is 1.58. The van der Waals surface area contributed by atoms with Gasteiger partial charge < -0.3 is 5.73 Å². The summed E-state index contributed by atoms with van der Waals surface area (Å²) >= 11 is 3.17. The van der Waals surface area contributed by atoms with Crippen molar-refractivity contribution in [2.24, 2.45) is 5.73 Å². The van der Waals surface area contributed by atoms with E-state index < -0.39 is 10.0 Å². The van der Waals surface area contributed by atoms with Crippen LogP contribution in [0.2, 0.25) is 0 Å². The van der Waals surface area contributed by atoms with Crippen LogP contribution in [0.1, 0.15) is 11.1 Å². The molecule has 0 unspecified atom stereocenters. The van der Waals surface area contributed by atoms with E-state index in [2.05, 4.69) is 14.7 Å². The van der Waals surface area contributed by atoms with Crippen molar-refractivity contribution in [1.29, 1.82) is 5.41 Å². The number of hydrogen-bond donors (Lipinski definition) is 3. The van der Waals surface area contributed by atoms with Crippen LogP contribution in [-0.4, -0.2) is 24.2 Å². The molecule has 0 radical (unpaired) electrons. The molecule has 0 fully saturated rings. The third kappa shape index (κ3) is 5.40. The molecule has 5 aromatic rings. The second-order valence-electron chi connectivity index (χ2n) is 7.50. The number of benzene rings is 3. The van der Waals surface area contributed by atoms with Crippen LogP contribution in [0.3, 0.4) is 0 Å². The maximum absolute atomic E-state index is 13.1. The van der Waals surface area contributed by atoms with Gasteiger partial charge in [0.15, 0.2) is 4.34 Å². The first-order valence-corrected chi connectivity index (χ1v) is 13.5. The summed E-state index contributed by atoms with van der Waals surface area (Å²) in [4.78, 5) is 9.05. The van der Waals surface area contributed by atoms with Crippen LogP contribution in [0.25, 0.3) is 21.1 Å². The first kappa shape index (κ1) is 24.9. The lowest BCUT2D eigenvalue weighted by atomic mass is 10.1. The topological polar surface area (TPSA) is 122 Å². The second kappa shape index (κ2) is 10.2. The summed E-state index contributed by atoms with van der Waals surface area (Å²) in [6, 6.07) is 21.6. The van der Waals surface area contributed by atoms with Gasteiger partial charge in [0.25, 0.3) is 10.0 Å². The highest BCUT2D eigenvalue weighted by molar-refractivity contribution is 8.00. The Balaban J connectivity index is 0.00000289. The van der Waals surface area contributed by atoms with E-state index >= 15 is 0 Å². The molecule has 3 aromatic carbocycles. The Hall–Kier alpha value is -3.18. The molecule has 7 nitrogen and oxygen atoms in total. The van der Waals surface area contributed by atoms with E-state index in [4.69, 9.17) is 11.1 Å². The highest BCUT2D eigenvalue weighted by atomic mass is 35.5. The number of fused-ring (bicyclic) bond motifs is 2. The first-order valence-electron chi connectivity index (χ1n) is 10.2. The van der Waals surface area contributed by atoms with Crippen LogP contribution in [0.4, 0.5) is 5.69 Å². The fourth-order valence-electron chi connectivity index (χ4n) is 3.46. The van der Waals surface area contributed by atoms with Crippen molar-refractivity contribution in [3.63, 3.8) is 0 Å². The zero-order chi connectivity index (χ0) is 23.7. The number of anilines is 1. The number of thioether (sulfide) groups is 1. The van der Waals surface area contributed by atoms with Crippen LogP contribution in [0.5, 0.6) is 0 Å². The molecule has 35 heavy (non-hydrogen) atoms. The average Bonchev–Trinajstić information content (AvgIpc) is 3.24. The highest BCUT2D eigenvalue weighted by Gasteiger charge is 2.19. The summed E-state index contributed by atoms with van der Waals surface area (Å²) in [5.74, 6) is 0.777. The van der Waals surface area contributed by atoms with E-state index in [1.807, 2.05) is 42.5 Å². The Labute approximate surface area is 216 Å². The first-order chi connectivity index (χ1) is 16.4. The number of nitrogens with one attached hydrogen (secondary N) is 2. The summed E-state index contributed by atoms with van der Waals surface area (Å²) in [5, 5.41) is 8.24. The molecule has 0 aliphatic heterocycles. The van der Waals surface area contributed by atoms with Crippen molar-refractivity contribution < 1.29 is 8.42 Å². The highest BCUT2D eigenvalue weighted by Crippen LogP contribution is 2.33. The molecule has 0 saturated heterocycles. The van der Waals surface area contributed by atoms with E-state index in [-0.39, 0.29) is 23.1 Å². The Kier molecular flexibility index (Phi) is 7.27. The van der Waals surface area contributed by atoms with Crippen LogP contribution >= 0.6 is 35.5 Å². The molecule has 0 aliphatic carbocycles. The normalized spacial score (nSPS) is 11.3. The number of para-hydroxylation sites is 1. The van der Waals surface area contributed by atoms with Gasteiger partial charge in [0, 0.05) is 22.9 Å². The van der Waals surface area contributed by atoms with E-state index in [1.165, 1.54) is 0 Å². The quantitative estimate of drug-likeness (QED) is 0.139. The molecule has 4 N–H and O–H groups in total. The lowest BCUT2D eigenvalue weighted by molar-refractivity contribution is 0.602. The molecule has 0 aliphatic rings. The predicted octanol–water partition coefficient (Wildman–Crippen LogP) is 5.64. The molecule has 11 heteroatoms. The minimum absolute atomic E-state index is 0. The number of nitrogen functional groups attached to an aromatic ring is 1. The Morgan fingerprint density at radius 1 is 1.06 bits per heavy atom. The smallest absolute Gasteiger partial charge is 0.264 e. The summed E-state index contributed by atoms with van der Waals surface area (Å²) in [6.45, 7) is 0. The minimum atomic E-state index is -3.82. The zero-order valence-electron chi connectivity index (χ0n) is 18.1. The van der Waals surface area contributed by atoms with Crippen molar-refractivity contribution in [3.05, 3.63) is 90.1 Å². The Morgan fingerprint density at radius 3 is 2.60 bits per heavy atom. The maximum Gasteiger partial charge on any atom is 0.264 e. The van der Waals surface area contributed by atoms with Gasteiger partial charge in [0.1, 0.15) is 10.7 Å². The summed E-state index contributed by atoms with van der Waals surface area (Å²) in [7, 11) is -3.82. The fourth-order valence-corrected chi connectivity index (χ4v) is 6.70. The molecule has 0 spiro atoms. The summed E-state index contributed by atoms with van der Waals surface area (Å²) in [5.41, 5.74) is 8.92. The van der Waals surface area contributed by atoms with Crippen LogP contribution in [0.15, 0.2) is 88.2 Å². The van der Waals surface area contributed by atoms with Crippen molar-refractivity contribution in [3.8, 4) is 0 Å². The number of thiazole rings is 1. The average molecular weight is 542 g/mol. The van der Waals surface area contributed by atoms with Gasteiger partial charge in [-0.3, -0.25) is 15.1 Å². The third-order valence-corrected chi connectivity index (χ3v) is 8.80. The number of aromatic nitrogens is 2. The molecule has 0 atom stereocenters. The van der Waals surface area contributed by atoms with E-state index in [0.717, 1.165) is 31.3 Å². The molecular formula is C24H20ClN5O2S3. The van der Waals surface area contributed by atoms with Crippen molar-refractivity contribution >= 4 is 78.2 Å². The van der Waals surface area contributed by atoms with E-state index in [0.29, 0.717) is 16.8 Å². The SMILES string of the molecule is Cl.N=C(N)c1ccc(CSc2nc3cc(NS(=O)(=O)c4cccc5cccnc45)ccc3s2)cc1. The van der Waals surface area contributed by atoms with E-state index in [1.54, 1.807) is 59.6 Å². The van der Waals surface area contributed by atoms with E-state index in [9.17, 15) is 8.42 Å². The van der Waals surface area contributed by atoms with Gasteiger partial charge in [-0.05, 0) is 35.9 Å². The summed E-state index contributed by atoms with van der Waals surface area (Å²) < 4.78 is 30.7. The number of pyridine rings is 1. The van der Waals surface area contributed by atoms with Gasteiger partial charge in [-0.1, -0.05) is 54.2 Å². The van der Waals surface area contributed by atoms with Gasteiger partial charge in [-0.2, -0.15) is 0 Å². The molecule has 0 saturated carbocycles. The van der Waals surface area contributed by atoms with Gasteiger partial charge in [0.2, 0.25) is 0 Å². The van der Waals surface area contributed by atoms with Gasteiger partial charge in [0.05, 0.1) is 21.4 Å². The Bertz CT molecular complexity index is 1630. The number of rotatable bonds is 7. The molecule has 0 bridgehead atoms. The second-order valence-corrected chi connectivity index (χ2v) is 11.4. The number of nitrogens with zero attached hydrogens (tertiary/aromatic N) is 2. The monoisotopic (exact) mass is 541 g/mol. The Morgan fingerprint density at radius 2 is 1.83 bits per heavy atom. The molecule has 0 amide bonds. The largest absolute Gasteiger partial charge is 0.384 e. The lowest BCUT2D eigenvalue weighted by Crippen LogP contribution is -2.13. The van der Waals surface area contributed by atoms with Gasteiger partial charge in [-0.25, -0.2) is 13.4 Å². The molecule has 178 valence electrons. The van der Waals surface area contributed by atoms with Crippen molar-refractivity contribution in [2.75, 3.05) is 4.72 Å². The van der Waals surface area contributed by atoms with Crippen LogP contribution in [0, 0.1) is 5.41 Å².